The molecular weight excluding hydrogens is 266 g/mol. The van der Waals surface area contributed by atoms with Gasteiger partial charge in [-0.25, -0.2) is 0 Å². The molecule has 4 rings (SSSR count). The van der Waals surface area contributed by atoms with E-state index in [0.29, 0.717) is 12.1 Å². The van der Waals surface area contributed by atoms with Gasteiger partial charge in [-0.05, 0) is 26.3 Å². The molecule has 120 valence electrons. The molecular formula is C16H29N3O2. The molecule has 0 aromatic carbocycles. The average Bonchev–Trinajstić information content (AvgIpc) is 3.29. The lowest BCUT2D eigenvalue weighted by atomic mass is 9.84. The molecule has 2 unspecified atom stereocenters. The maximum absolute atomic E-state index is 5.98. The molecule has 5 nitrogen and oxygen atoms in total. The Morgan fingerprint density at radius 3 is 2.24 bits per heavy atom. The van der Waals surface area contributed by atoms with Crippen LogP contribution in [0.5, 0.6) is 0 Å². The number of rotatable bonds is 3. The van der Waals surface area contributed by atoms with E-state index in [0.717, 1.165) is 38.5 Å². The minimum Gasteiger partial charge on any atom is -0.347 e. The third-order valence-electron chi connectivity index (χ3n) is 5.89. The molecule has 0 radical (unpaired) electrons. The van der Waals surface area contributed by atoms with Crippen LogP contribution in [0.1, 0.15) is 32.1 Å². The molecule has 4 fully saturated rings. The predicted octanol–water partition coefficient (Wildman–Crippen LogP) is 0.650. The summed E-state index contributed by atoms with van der Waals surface area (Å²) in [6.45, 7) is 6.43. The van der Waals surface area contributed by atoms with Crippen molar-refractivity contribution in [2.24, 2.45) is 0 Å². The maximum Gasteiger partial charge on any atom is 0.170 e. The summed E-state index contributed by atoms with van der Waals surface area (Å²) < 4.78 is 12.0. The molecule has 2 atom stereocenters. The van der Waals surface area contributed by atoms with Gasteiger partial charge in [0, 0.05) is 57.1 Å². The minimum absolute atomic E-state index is 0.272. The Kier molecular flexibility index (Phi) is 3.96. The van der Waals surface area contributed by atoms with Crippen LogP contribution in [0.2, 0.25) is 0 Å². The summed E-state index contributed by atoms with van der Waals surface area (Å²) in [6, 6.07) is 2.05. The number of likely N-dealkylation sites (N-methyl/N-ethyl adjacent to an activating group) is 1. The van der Waals surface area contributed by atoms with E-state index in [1.54, 1.807) is 0 Å². The number of piperazine rings is 1. The lowest BCUT2D eigenvalue weighted by molar-refractivity contribution is -0.194. The van der Waals surface area contributed by atoms with Gasteiger partial charge < -0.3 is 14.8 Å². The smallest absolute Gasteiger partial charge is 0.170 e. The van der Waals surface area contributed by atoms with Crippen LogP contribution in [0.4, 0.5) is 0 Å². The van der Waals surface area contributed by atoms with Crippen LogP contribution in [0.25, 0.3) is 0 Å². The Balaban J connectivity index is 1.40. The van der Waals surface area contributed by atoms with Crippen molar-refractivity contribution in [3.05, 3.63) is 0 Å². The van der Waals surface area contributed by atoms with Crippen molar-refractivity contribution < 1.29 is 9.47 Å². The highest BCUT2D eigenvalue weighted by Gasteiger charge is 2.47. The highest BCUT2D eigenvalue weighted by molar-refractivity contribution is 4.98. The Labute approximate surface area is 127 Å². The van der Waals surface area contributed by atoms with Gasteiger partial charge in [-0.3, -0.25) is 9.80 Å². The quantitative estimate of drug-likeness (QED) is 0.827. The third kappa shape index (κ3) is 2.86. The maximum atomic E-state index is 5.98. The first-order valence-corrected chi connectivity index (χ1v) is 8.73. The van der Waals surface area contributed by atoms with Crippen molar-refractivity contribution in [2.45, 2.75) is 56.0 Å². The lowest BCUT2D eigenvalue weighted by Crippen LogP contribution is -2.61. The molecule has 0 bridgehead atoms. The van der Waals surface area contributed by atoms with Gasteiger partial charge in [0.2, 0.25) is 0 Å². The van der Waals surface area contributed by atoms with E-state index in [-0.39, 0.29) is 5.79 Å². The molecule has 2 aliphatic carbocycles. The fourth-order valence-electron chi connectivity index (χ4n) is 4.48. The normalized spacial score (nSPS) is 38.1. The zero-order valence-electron chi connectivity index (χ0n) is 13.2. The van der Waals surface area contributed by atoms with Crippen molar-refractivity contribution in [2.75, 3.05) is 46.4 Å². The van der Waals surface area contributed by atoms with E-state index >= 15 is 0 Å². The molecule has 0 amide bonds. The highest BCUT2D eigenvalue weighted by atomic mass is 16.7. The molecule has 2 heterocycles. The second kappa shape index (κ2) is 5.78. The first-order chi connectivity index (χ1) is 10.3. The van der Waals surface area contributed by atoms with Crippen LogP contribution >= 0.6 is 0 Å². The van der Waals surface area contributed by atoms with E-state index in [4.69, 9.17) is 9.47 Å². The van der Waals surface area contributed by atoms with Crippen LogP contribution in [-0.4, -0.2) is 80.2 Å². The first-order valence-electron chi connectivity index (χ1n) is 8.73. The van der Waals surface area contributed by atoms with E-state index in [2.05, 4.69) is 22.2 Å². The SMILES string of the molecule is CNC1CCC2(CC1N1CCN(C3CC3)CC1)OCCO2. The van der Waals surface area contributed by atoms with Crippen LogP contribution in [0.3, 0.4) is 0 Å². The summed E-state index contributed by atoms with van der Waals surface area (Å²) in [4.78, 5) is 5.37. The van der Waals surface area contributed by atoms with Gasteiger partial charge >= 0.3 is 0 Å². The largest absolute Gasteiger partial charge is 0.347 e. The van der Waals surface area contributed by atoms with Crippen molar-refractivity contribution in [1.29, 1.82) is 0 Å². The summed E-state index contributed by atoms with van der Waals surface area (Å²) >= 11 is 0. The van der Waals surface area contributed by atoms with Crippen LogP contribution in [0.15, 0.2) is 0 Å². The molecule has 0 aromatic rings. The number of hydrogen-bond acceptors (Lipinski definition) is 5. The third-order valence-corrected chi connectivity index (χ3v) is 5.89. The number of nitrogens with one attached hydrogen (secondary N) is 1. The van der Waals surface area contributed by atoms with Gasteiger partial charge in [0.25, 0.3) is 0 Å². The number of hydrogen-bond donors (Lipinski definition) is 1. The predicted molar refractivity (Wildman–Crippen MR) is 81.3 cm³/mol. The Morgan fingerprint density at radius 1 is 0.952 bits per heavy atom. The molecule has 5 heteroatoms. The van der Waals surface area contributed by atoms with Gasteiger partial charge in [-0.15, -0.1) is 0 Å². The molecule has 2 aliphatic heterocycles. The van der Waals surface area contributed by atoms with Crippen molar-refractivity contribution >= 4 is 0 Å². The fourth-order valence-corrected chi connectivity index (χ4v) is 4.48. The summed E-state index contributed by atoms with van der Waals surface area (Å²) in [5, 5.41) is 3.54. The summed E-state index contributed by atoms with van der Waals surface area (Å²) in [5.74, 6) is -0.272. The summed E-state index contributed by atoms with van der Waals surface area (Å²) in [5.41, 5.74) is 0. The Bertz CT molecular complexity index is 361. The van der Waals surface area contributed by atoms with Gasteiger partial charge in [-0.2, -0.15) is 0 Å². The first kappa shape index (κ1) is 14.4. The molecule has 1 spiro atoms. The lowest BCUT2D eigenvalue weighted by Gasteiger charge is -2.48. The molecule has 4 aliphatic rings. The van der Waals surface area contributed by atoms with Crippen molar-refractivity contribution in [3.8, 4) is 0 Å². The monoisotopic (exact) mass is 295 g/mol. The Morgan fingerprint density at radius 2 is 1.62 bits per heavy atom. The highest BCUT2D eigenvalue weighted by Crippen LogP contribution is 2.38. The average molecular weight is 295 g/mol. The van der Waals surface area contributed by atoms with Gasteiger partial charge in [-0.1, -0.05) is 0 Å². The van der Waals surface area contributed by atoms with Gasteiger partial charge in [0.05, 0.1) is 13.2 Å². The molecule has 0 aromatic heterocycles. The van der Waals surface area contributed by atoms with Gasteiger partial charge in [0.15, 0.2) is 5.79 Å². The fraction of sp³-hybridized carbons (Fsp3) is 1.00. The Hall–Kier alpha value is -0.200. The van der Waals surface area contributed by atoms with E-state index in [9.17, 15) is 0 Å². The molecule has 2 saturated heterocycles. The van der Waals surface area contributed by atoms with E-state index in [1.807, 2.05) is 0 Å². The second-order valence-corrected chi connectivity index (χ2v) is 7.12. The van der Waals surface area contributed by atoms with Crippen molar-refractivity contribution in [1.82, 2.24) is 15.1 Å². The standard InChI is InChI=1S/C16H29N3O2/c1-17-14-4-5-16(20-10-11-21-16)12-15(14)19-8-6-18(7-9-19)13-2-3-13/h13-15,17H,2-12H2,1H3. The van der Waals surface area contributed by atoms with Crippen LogP contribution < -0.4 is 5.32 Å². The topological polar surface area (TPSA) is 37.0 Å². The van der Waals surface area contributed by atoms with E-state index in [1.165, 1.54) is 39.0 Å². The zero-order chi connectivity index (χ0) is 14.3. The second-order valence-electron chi connectivity index (χ2n) is 7.12. The zero-order valence-corrected chi connectivity index (χ0v) is 13.2. The number of nitrogens with zero attached hydrogens (tertiary/aromatic N) is 2. The molecule has 1 N–H and O–H groups in total. The number of ether oxygens (including phenoxy) is 2. The van der Waals surface area contributed by atoms with Gasteiger partial charge in [0.1, 0.15) is 0 Å². The molecule has 21 heavy (non-hydrogen) atoms. The summed E-state index contributed by atoms with van der Waals surface area (Å²) in [7, 11) is 2.10. The summed E-state index contributed by atoms with van der Waals surface area (Å²) in [6.07, 6.45) is 6.07. The molecule has 2 saturated carbocycles. The van der Waals surface area contributed by atoms with Crippen LogP contribution in [-0.2, 0) is 9.47 Å². The van der Waals surface area contributed by atoms with E-state index < -0.39 is 0 Å². The minimum atomic E-state index is -0.272. The van der Waals surface area contributed by atoms with Crippen molar-refractivity contribution in [3.63, 3.8) is 0 Å². The van der Waals surface area contributed by atoms with Crippen LogP contribution in [0, 0.1) is 0 Å².